The molecule has 26 heavy (non-hydrogen) atoms. The molecule has 0 saturated carbocycles. The Bertz CT molecular complexity index is 752. The topological polar surface area (TPSA) is 50.8 Å². The van der Waals surface area contributed by atoms with E-state index in [2.05, 4.69) is 29.4 Å². The van der Waals surface area contributed by atoms with Crippen LogP contribution in [-0.2, 0) is 6.54 Å². The molecule has 0 fully saturated rings. The lowest BCUT2D eigenvalue weighted by molar-refractivity contribution is 0.0950. The van der Waals surface area contributed by atoms with Gasteiger partial charge in [-0.2, -0.15) is 0 Å². The van der Waals surface area contributed by atoms with Gasteiger partial charge in [0.2, 0.25) is 0 Å². The second kappa shape index (κ2) is 8.92. The van der Waals surface area contributed by atoms with Crippen molar-refractivity contribution in [3.8, 4) is 11.5 Å². The van der Waals surface area contributed by atoms with Crippen LogP contribution >= 0.6 is 11.6 Å². The molecule has 1 aliphatic rings. The quantitative estimate of drug-likeness (QED) is 0.755. The third-order valence-electron chi connectivity index (χ3n) is 4.16. The van der Waals surface area contributed by atoms with E-state index in [9.17, 15) is 4.79 Å². The number of carbonyl (C=O) groups is 1. The minimum absolute atomic E-state index is 0.158. The Labute approximate surface area is 158 Å². The molecule has 5 nitrogen and oxygen atoms in total. The number of hydrogen-bond donors (Lipinski definition) is 1. The molecule has 6 heteroatoms. The lowest BCUT2D eigenvalue weighted by Gasteiger charge is -2.20. The molecule has 138 valence electrons. The normalized spacial score (nSPS) is 12.9. The number of benzene rings is 2. The molecule has 1 heterocycles. The number of nitrogens with one attached hydrogen (secondary N) is 1. The van der Waals surface area contributed by atoms with Gasteiger partial charge in [0, 0.05) is 18.7 Å². The summed E-state index contributed by atoms with van der Waals surface area (Å²) in [7, 11) is 2.08. The van der Waals surface area contributed by atoms with Gasteiger partial charge in [0.15, 0.2) is 11.5 Å². The van der Waals surface area contributed by atoms with Crippen LogP contribution in [0, 0.1) is 0 Å². The predicted molar refractivity (Wildman–Crippen MR) is 102 cm³/mol. The van der Waals surface area contributed by atoms with Crippen molar-refractivity contribution >= 4 is 17.5 Å². The van der Waals surface area contributed by atoms with Gasteiger partial charge in [-0.15, -0.1) is 0 Å². The van der Waals surface area contributed by atoms with E-state index >= 15 is 0 Å². The molecule has 0 unspecified atom stereocenters. The maximum Gasteiger partial charge on any atom is 0.251 e. The average molecular weight is 375 g/mol. The molecular weight excluding hydrogens is 352 g/mol. The third kappa shape index (κ3) is 4.90. The van der Waals surface area contributed by atoms with Crippen LogP contribution < -0.4 is 14.8 Å². The van der Waals surface area contributed by atoms with Crippen molar-refractivity contribution in [1.82, 2.24) is 10.2 Å². The first-order valence-corrected chi connectivity index (χ1v) is 9.11. The number of fused-ring (bicyclic) bond motifs is 1. The van der Waals surface area contributed by atoms with Crippen molar-refractivity contribution in [2.45, 2.75) is 13.0 Å². The van der Waals surface area contributed by atoms with Gasteiger partial charge in [0.25, 0.3) is 5.91 Å². The van der Waals surface area contributed by atoms with Gasteiger partial charge in [-0.25, -0.2) is 0 Å². The molecule has 0 aliphatic carbocycles. The fourth-order valence-corrected chi connectivity index (χ4v) is 3.13. The minimum atomic E-state index is -0.158. The van der Waals surface area contributed by atoms with E-state index in [-0.39, 0.29) is 5.91 Å². The highest BCUT2D eigenvalue weighted by Gasteiger charge is 2.19. The Balaban J connectivity index is 1.45. The molecule has 0 bridgehead atoms. The molecule has 0 atom stereocenters. The Morgan fingerprint density at radius 1 is 1.19 bits per heavy atom. The van der Waals surface area contributed by atoms with Crippen LogP contribution in [0.5, 0.6) is 11.5 Å². The first-order chi connectivity index (χ1) is 12.6. The summed E-state index contributed by atoms with van der Waals surface area (Å²) in [4.78, 5) is 14.6. The summed E-state index contributed by atoms with van der Waals surface area (Å²) >= 11 is 6.18. The largest absolute Gasteiger partial charge is 0.486 e. The Morgan fingerprint density at radius 3 is 2.77 bits per heavy atom. The zero-order chi connectivity index (χ0) is 18.4. The van der Waals surface area contributed by atoms with Gasteiger partial charge in [-0.1, -0.05) is 41.9 Å². The summed E-state index contributed by atoms with van der Waals surface area (Å²) in [6.45, 7) is 3.32. The number of nitrogens with zero attached hydrogens (tertiary/aromatic N) is 1. The molecular formula is C20H23ClN2O3. The number of halogens is 1. The van der Waals surface area contributed by atoms with E-state index in [1.54, 1.807) is 12.1 Å². The highest BCUT2D eigenvalue weighted by molar-refractivity contribution is 6.32. The number of ether oxygens (including phenoxy) is 2. The summed E-state index contributed by atoms with van der Waals surface area (Å²) in [5.74, 6) is 0.878. The molecule has 0 saturated heterocycles. The number of rotatable bonds is 7. The fourth-order valence-electron chi connectivity index (χ4n) is 2.87. The van der Waals surface area contributed by atoms with Crippen molar-refractivity contribution in [3.05, 3.63) is 58.6 Å². The first-order valence-electron chi connectivity index (χ1n) is 8.73. The van der Waals surface area contributed by atoms with Crippen LogP contribution in [0.4, 0.5) is 0 Å². The Morgan fingerprint density at radius 2 is 1.96 bits per heavy atom. The van der Waals surface area contributed by atoms with Crippen molar-refractivity contribution in [3.63, 3.8) is 0 Å². The fraction of sp³-hybridized carbons (Fsp3) is 0.350. The lowest BCUT2D eigenvalue weighted by atomic mass is 10.1. The standard InChI is InChI=1S/C20H23ClN2O3/c1-23(14-15-6-3-2-4-7-15)9-5-8-22-20(24)16-12-17(21)19-18(13-16)25-10-11-26-19/h2-4,6-7,12-13H,5,8-11,14H2,1H3,(H,22,24). The van der Waals surface area contributed by atoms with Crippen LogP contribution in [-0.4, -0.2) is 44.2 Å². The van der Waals surface area contributed by atoms with Gasteiger partial charge >= 0.3 is 0 Å². The molecule has 0 radical (unpaired) electrons. The van der Waals surface area contributed by atoms with Crippen molar-refractivity contribution < 1.29 is 14.3 Å². The molecule has 0 spiro atoms. The summed E-state index contributed by atoms with van der Waals surface area (Å²) in [6, 6.07) is 13.6. The molecule has 0 aromatic heterocycles. The highest BCUT2D eigenvalue weighted by atomic mass is 35.5. The summed E-state index contributed by atoms with van der Waals surface area (Å²) in [5, 5.41) is 3.33. The minimum Gasteiger partial charge on any atom is -0.486 e. The number of hydrogen-bond acceptors (Lipinski definition) is 4. The average Bonchev–Trinajstić information content (AvgIpc) is 2.66. The zero-order valence-electron chi connectivity index (χ0n) is 14.8. The van der Waals surface area contributed by atoms with Gasteiger partial charge in [-0.05, 0) is 37.7 Å². The Hall–Kier alpha value is -2.24. The van der Waals surface area contributed by atoms with Crippen molar-refractivity contribution in [1.29, 1.82) is 0 Å². The molecule has 1 N–H and O–H groups in total. The molecule has 3 rings (SSSR count). The van der Waals surface area contributed by atoms with E-state index in [0.29, 0.717) is 41.8 Å². The van der Waals surface area contributed by atoms with Crippen LogP contribution in [0.3, 0.4) is 0 Å². The van der Waals surface area contributed by atoms with E-state index in [4.69, 9.17) is 21.1 Å². The second-order valence-electron chi connectivity index (χ2n) is 6.32. The predicted octanol–water partition coefficient (Wildman–Crippen LogP) is 3.36. The molecule has 1 amide bonds. The molecule has 2 aromatic rings. The van der Waals surface area contributed by atoms with Gasteiger partial charge in [-0.3, -0.25) is 4.79 Å². The molecule has 1 aliphatic heterocycles. The highest BCUT2D eigenvalue weighted by Crippen LogP contribution is 2.38. The summed E-state index contributed by atoms with van der Waals surface area (Å²) in [6.07, 6.45) is 0.868. The zero-order valence-corrected chi connectivity index (χ0v) is 15.6. The summed E-state index contributed by atoms with van der Waals surface area (Å²) < 4.78 is 11.0. The smallest absolute Gasteiger partial charge is 0.251 e. The third-order valence-corrected chi connectivity index (χ3v) is 4.44. The summed E-state index contributed by atoms with van der Waals surface area (Å²) in [5.41, 5.74) is 1.77. The maximum atomic E-state index is 12.3. The van der Waals surface area contributed by atoms with E-state index in [1.807, 2.05) is 18.2 Å². The monoisotopic (exact) mass is 374 g/mol. The first kappa shape index (κ1) is 18.5. The van der Waals surface area contributed by atoms with E-state index < -0.39 is 0 Å². The number of carbonyl (C=O) groups excluding carboxylic acids is 1. The number of amides is 1. The van der Waals surface area contributed by atoms with Crippen molar-refractivity contribution in [2.75, 3.05) is 33.4 Å². The van der Waals surface area contributed by atoms with Crippen LogP contribution in [0.15, 0.2) is 42.5 Å². The second-order valence-corrected chi connectivity index (χ2v) is 6.72. The van der Waals surface area contributed by atoms with Gasteiger partial charge in [0.05, 0.1) is 5.02 Å². The van der Waals surface area contributed by atoms with Crippen molar-refractivity contribution in [2.24, 2.45) is 0 Å². The van der Waals surface area contributed by atoms with Crippen LogP contribution in [0.25, 0.3) is 0 Å². The van der Waals surface area contributed by atoms with Crippen LogP contribution in [0.2, 0.25) is 5.02 Å². The lowest BCUT2D eigenvalue weighted by Crippen LogP contribution is -2.28. The SMILES string of the molecule is CN(CCCNC(=O)c1cc(Cl)c2c(c1)OCCO2)Cc1ccccc1. The van der Waals surface area contributed by atoms with Crippen LogP contribution in [0.1, 0.15) is 22.3 Å². The molecule has 2 aromatic carbocycles. The van der Waals surface area contributed by atoms with Gasteiger partial charge in [0.1, 0.15) is 13.2 Å². The van der Waals surface area contributed by atoms with Gasteiger partial charge < -0.3 is 19.7 Å². The van der Waals surface area contributed by atoms with E-state index in [0.717, 1.165) is 19.5 Å². The Kier molecular flexibility index (Phi) is 6.36. The maximum absolute atomic E-state index is 12.3. The van der Waals surface area contributed by atoms with E-state index in [1.165, 1.54) is 5.56 Å².